The van der Waals surface area contributed by atoms with Gasteiger partial charge in [-0.3, -0.25) is 0 Å². The van der Waals surface area contributed by atoms with Crippen LogP contribution in [0.25, 0.3) is 0 Å². The molecule has 0 fully saturated rings. The zero-order valence-corrected chi connectivity index (χ0v) is 11.6. The molecule has 0 aromatic heterocycles. The molecule has 1 aromatic carbocycles. The number of rotatable bonds is 1. The molecular weight excluding hydrogens is 290 g/mol. The van der Waals surface area contributed by atoms with Crippen molar-refractivity contribution >= 4 is 31.5 Å². The summed E-state index contributed by atoms with van der Waals surface area (Å²) in [4.78, 5) is 0.402. The van der Waals surface area contributed by atoms with E-state index in [1.165, 1.54) is 0 Å². The van der Waals surface area contributed by atoms with Crippen LogP contribution in [0.5, 0.6) is 0 Å². The number of anilines is 1. The summed E-state index contributed by atoms with van der Waals surface area (Å²) in [5.41, 5.74) is 0.701. The number of para-hydroxylation sites is 1. The van der Waals surface area contributed by atoms with Crippen LogP contribution in [0.3, 0.4) is 0 Å². The Bertz CT molecular complexity index is 511. The van der Waals surface area contributed by atoms with Gasteiger partial charge in [0.2, 0.25) is 0 Å². The summed E-state index contributed by atoms with van der Waals surface area (Å²) in [6.07, 6.45) is 0. The fourth-order valence-electron chi connectivity index (χ4n) is 1.82. The van der Waals surface area contributed by atoms with E-state index in [0.29, 0.717) is 10.6 Å². The zero-order valence-electron chi connectivity index (χ0n) is 9.20. The summed E-state index contributed by atoms with van der Waals surface area (Å²) >= 11 is 3.38. The van der Waals surface area contributed by atoms with Gasteiger partial charge in [0.15, 0.2) is 9.84 Å². The lowest BCUT2D eigenvalue weighted by molar-refractivity contribution is 0.531. The minimum absolute atomic E-state index is 0.0174. The van der Waals surface area contributed by atoms with Gasteiger partial charge >= 0.3 is 0 Å². The second-order valence-electron chi connectivity index (χ2n) is 4.39. The number of hydrogen-bond acceptors (Lipinski definition) is 3. The maximum atomic E-state index is 12.1. The van der Waals surface area contributed by atoms with E-state index in [1.54, 1.807) is 12.1 Å². The number of nitrogens with one attached hydrogen (secondary N) is 1. The third-order valence-electron chi connectivity index (χ3n) is 2.84. The number of sulfone groups is 1. The highest BCUT2D eigenvalue weighted by Gasteiger charge is 2.32. The van der Waals surface area contributed by atoms with Crippen LogP contribution in [0.1, 0.15) is 13.8 Å². The van der Waals surface area contributed by atoms with Crippen molar-refractivity contribution in [3.8, 4) is 0 Å². The Morgan fingerprint density at radius 3 is 2.75 bits per heavy atom. The van der Waals surface area contributed by atoms with Crippen molar-refractivity contribution in [2.45, 2.75) is 24.8 Å². The Labute approximate surface area is 104 Å². The molecule has 1 heterocycles. The highest BCUT2D eigenvalue weighted by atomic mass is 79.9. The Kier molecular flexibility index (Phi) is 3.01. The van der Waals surface area contributed by atoms with E-state index in [0.717, 1.165) is 4.47 Å². The van der Waals surface area contributed by atoms with E-state index in [4.69, 9.17) is 0 Å². The molecule has 0 radical (unpaired) electrons. The van der Waals surface area contributed by atoms with Crippen LogP contribution in [0.15, 0.2) is 27.6 Å². The van der Waals surface area contributed by atoms with Crippen LogP contribution < -0.4 is 5.32 Å². The number of hydrogen-bond donors (Lipinski definition) is 1. The molecular formula is C11H14BrNO2S. The molecule has 1 aromatic rings. The first kappa shape index (κ1) is 11.9. The molecule has 0 saturated heterocycles. The van der Waals surface area contributed by atoms with E-state index in [9.17, 15) is 8.42 Å². The van der Waals surface area contributed by atoms with Gasteiger partial charge in [0.05, 0.1) is 16.3 Å². The molecule has 0 saturated carbocycles. The predicted molar refractivity (Wildman–Crippen MR) is 68.4 cm³/mol. The van der Waals surface area contributed by atoms with Gasteiger partial charge in [0.1, 0.15) is 0 Å². The minimum atomic E-state index is -3.15. The molecule has 1 aliphatic rings. The lowest BCUT2D eigenvalue weighted by atomic mass is 10.1. The van der Waals surface area contributed by atoms with Gasteiger partial charge in [0, 0.05) is 10.5 Å². The Hall–Kier alpha value is -0.550. The fourth-order valence-corrected chi connectivity index (χ4v) is 4.31. The normalized spacial score (nSPS) is 22.6. The average Bonchev–Trinajstić information content (AvgIpc) is 2.18. The lowest BCUT2D eigenvalue weighted by Crippen LogP contribution is -2.38. The van der Waals surface area contributed by atoms with Crippen molar-refractivity contribution in [1.29, 1.82) is 0 Å². The van der Waals surface area contributed by atoms with Gasteiger partial charge in [-0.2, -0.15) is 0 Å². The van der Waals surface area contributed by atoms with Gasteiger partial charge in [-0.1, -0.05) is 19.9 Å². The number of fused-ring (bicyclic) bond motifs is 1. The average molecular weight is 304 g/mol. The second kappa shape index (κ2) is 4.04. The summed E-state index contributed by atoms with van der Waals surface area (Å²) in [5, 5.41) is 3.29. The molecule has 88 valence electrons. The van der Waals surface area contributed by atoms with E-state index < -0.39 is 9.84 Å². The van der Waals surface area contributed by atoms with Gasteiger partial charge in [0.25, 0.3) is 0 Å². The maximum absolute atomic E-state index is 12.1. The molecule has 1 aliphatic heterocycles. The van der Waals surface area contributed by atoms with Crippen LogP contribution in [-0.4, -0.2) is 20.2 Å². The highest BCUT2D eigenvalue weighted by molar-refractivity contribution is 9.10. The number of benzene rings is 1. The molecule has 2 rings (SSSR count). The molecule has 0 amide bonds. The zero-order chi connectivity index (χ0) is 11.9. The van der Waals surface area contributed by atoms with Crippen molar-refractivity contribution in [1.82, 2.24) is 0 Å². The fraction of sp³-hybridized carbons (Fsp3) is 0.455. The van der Waals surface area contributed by atoms with Crippen LogP contribution in [0.2, 0.25) is 0 Å². The first-order valence-electron chi connectivity index (χ1n) is 5.19. The third-order valence-corrected chi connectivity index (χ3v) is 5.31. The van der Waals surface area contributed by atoms with Crippen molar-refractivity contribution < 1.29 is 8.42 Å². The van der Waals surface area contributed by atoms with Crippen LogP contribution >= 0.6 is 15.9 Å². The van der Waals surface area contributed by atoms with Gasteiger partial charge in [-0.25, -0.2) is 8.42 Å². The van der Waals surface area contributed by atoms with E-state index in [-0.39, 0.29) is 17.7 Å². The monoisotopic (exact) mass is 303 g/mol. The van der Waals surface area contributed by atoms with E-state index in [1.807, 2.05) is 19.9 Å². The second-order valence-corrected chi connectivity index (χ2v) is 7.25. The van der Waals surface area contributed by atoms with Crippen LogP contribution in [-0.2, 0) is 9.84 Å². The SMILES string of the molecule is CC(C)C1CS(=O)(=O)c2cccc(Br)c2N1. The van der Waals surface area contributed by atoms with Gasteiger partial charge < -0.3 is 5.32 Å². The minimum Gasteiger partial charge on any atom is -0.379 e. The summed E-state index contributed by atoms with van der Waals surface area (Å²) in [5.74, 6) is 0.462. The third kappa shape index (κ3) is 1.98. The standard InChI is InChI=1S/C11H14BrNO2S/c1-7(2)9-6-16(14,15)10-5-3-4-8(12)11(10)13-9/h3-5,7,9,13H,6H2,1-2H3. The molecule has 0 spiro atoms. The molecule has 16 heavy (non-hydrogen) atoms. The molecule has 1 N–H and O–H groups in total. The van der Waals surface area contributed by atoms with Crippen molar-refractivity contribution in [3.63, 3.8) is 0 Å². The van der Waals surface area contributed by atoms with Gasteiger partial charge in [-0.05, 0) is 34.0 Å². The first-order chi connectivity index (χ1) is 7.42. The maximum Gasteiger partial charge on any atom is 0.182 e. The molecule has 1 atom stereocenters. The first-order valence-corrected chi connectivity index (χ1v) is 7.64. The number of halogens is 1. The van der Waals surface area contributed by atoms with Crippen molar-refractivity contribution in [2.75, 3.05) is 11.1 Å². The Balaban J connectivity index is 2.57. The summed E-state index contributed by atoms with van der Waals surface area (Å²) in [6.45, 7) is 4.05. The molecule has 0 bridgehead atoms. The highest BCUT2D eigenvalue weighted by Crippen LogP contribution is 2.35. The summed E-state index contributed by atoms with van der Waals surface area (Å²) < 4.78 is 25.0. The van der Waals surface area contributed by atoms with Crippen LogP contribution in [0, 0.1) is 5.92 Å². The van der Waals surface area contributed by atoms with Gasteiger partial charge in [-0.15, -0.1) is 0 Å². The van der Waals surface area contributed by atoms with Crippen LogP contribution in [0.4, 0.5) is 5.69 Å². The smallest absolute Gasteiger partial charge is 0.182 e. The quantitative estimate of drug-likeness (QED) is 0.867. The molecule has 3 nitrogen and oxygen atoms in total. The topological polar surface area (TPSA) is 46.2 Å². The summed E-state index contributed by atoms with van der Waals surface area (Å²) in [6, 6.07) is 5.23. The predicted octanol–water partition coefficient (Wildman–Crippen LogP) is 2.67. The van der Waals surface area contributed by atoms with E-state index >= 15 is 0 Å². The largest absolute Gasteiger partial charge is 0.379 e. The van der Waals surface area contributed by atoms with E-state index in [2.05, 4.69) is 21.2 Å². The molecule has 5 heteroatoms. The molecule has 1 unspecified atom stereocenters. The summed E-state index contributed by atoms with van der Waals surface area (Å²) in [7, 11) is -3.15. The Morgan fingerprint density at radius 2 is 2.12 bits per heavy atom. The van der Waals surface area contributed by atoms with Crippen molar-refractivity contribution in [3.05, 3.63) is 22.7 Å². The Morgan fingerprint density at radius 1 is 1.44 bits per heavy atom. The lowest BCUT2D eigenvalue weighted by Gasteiger charge is -2.30. The molecule has 0 aliphatic carbocycles. The van der Waals surface area contributed by atoms with Crippen molar-refractivity contribution in [2.24, 2.45) is 5.92 Å².